The first-order chi connectivity index (χ1) is 12.5. The number of hydrogen-bond acceptors (Lipinski definition) is 2. The van der Waals surface area contributed by atoms with E-state index in [-0.39, 0.29) is 23.2 Å². The predicted octanol–water partition coefficient (Wildman–Crippen LogP) is 5.86. The highest BCUT2D eigenvalue weighted by atomic mass is 79.9. The van der Waals surface area contributed by atoms with Crippen LogP contribution in [-0.4, -0.2) is 17.8 Å². The molecule has 0 spiro atoms. The van der Waals surface area contributed by atoms with Gasteiger partial charge < -0.3 is 9.30 Å². The van der Waals surface area contributed by atoms with Gasteiger partial charge in [0.15, 0.2) is 0 Å². The Morgan fingerprint density at radius 1 is 1.11 bits per heavy atom. The van der Waals surface area contributed by atoms with E-state index < -0.39 is 41.4 Å². The quantitative estimate of drug-likeness (QED) is 0.418. The van der Waals surface area contributed by atoms with E-state index in [9.17, 15) is 31.6 Å². The van der Waals surface area contributed by atoms with Gasteiger partial charge in [0.05, 0.1) is 6.61 Å². The van der Waals surface area contributed by atoms with Gasteiger partial charge in [-0.15, -0.1) is 0 Å². The van der Waals surface area contributed by atoms with Crippen molar-refractivity contribution in [2.75, 3.05) is 13.2 Å². The largest absolute Gasteiger partial charge is 0.432 e. The summed E-state index contributed by atoms with van der Waals surface area (Å²) in [5.74, 6) is 0. The minimum absolute atomic E-state index is 0.0486. The summed E-state index contributed by atoms with van der Waals surface area (Å²) in [6.45, 7) is 0.960. The van der Waals surface area contributed by atoms with Crippen LogP contribution in [0.25, 0.3) is 11.1 Å². The van der Waals surface area contributed by atoms with E-state index in [1.165, 1.54) is 24.3 Å². The standard InChI is InChI=1S/C17H13BrF6N2O/c1-2-27-8-7-26-12(9-25)14(16(19,20)21)13(15(26)17(22,23)24)10-5-3-4-6-11(10)18/h3-6H,2,7-8H2,1H3. The first-order valence-electron chi connectivity index (χ1n) is 7.67. The third-order valence-corrected chi connectivity index (χ3v) is 4.42. The van der Waals surface area contributed by atoms with Gasteiger partial charge in [0.25, 0.3) is 0 Å². The molecular formula is C17H13BrF6N2O. The second-order valence-electron chi connectivity index (χ2n) is 5.38. The average molecular weight is 455 g/mol. The van der Waals surface area contributed by atoms with Crippen LogP contribution in [-0.2, 0) is 23.6 Å². The number of halogens is 7. The molecule has 10 heteroatoms. The van der Waals surface area contributed by atoms with Crippen molar-refractivity contribution in [2.24, 2.45) is 0 Å². The van der Waals surface area contributed by atoms with Gasteiger partial charge in [0, 0.05) is 23.2 Å². The molecule has 27 heavy (non-hydrogen) atoms. The van der Waals surface area contributed by atoms with Gasteiger partial charge in [0.2, 0.25) is 0 Å². The van der Waals surface area contributed by atoms with Crippen LogP contribution in [0.5, 0.6) is 0 Å². The van der Waals surface area contributed by atoms with Crippen LogP contribution < -0.4 is 0 Å². The smallest absolute Gasteiger partial charge is 0.380 e. The Balaban J connectivity index is 2.95. The van der Waals surface area contributed by atoms with E-state index in [0.29, 0.717) is 4.57 Å². The molecule has 0 aliphatic heterocycles. The minimum Gasteiger partial charge on any atom is -0.380 e. The zero-order valence-electron chi connectivity index (χ0n) is 13.9. The highest BCUT2D eigenvalue weighted by Gasteiger charge is 2.48. The normalized spacial score (nSPS) is 12.3. The summed E-state index contributed by atoms with van der Waals surface area (Å²) in [5, 5.41) is 9.25. The Morgan fingerprint density at radius 3 is 2.22 bits per heavy atom. The van der Waals surface area contributed by atoms with Gasteiger partial charge in [-0.2, -0.15) is 31.6 Å². The van der Waals surface area contributed by atoms with Gasteiger partial charge in [0.1, 0.15) is 23.0 Å². The number of ether oxygens (including phenoxy) is 1. The molecule has 1 heterocycles. The SMILES string of the molecule is CCOCCn1c(C#N)c(C(F)(F)F)c(-c2ccccc2Br)c1C(F)(F)F. The lowest BCUT2D eigenvalue weighted by atomic mass is 9.99. The Morgan fingerprint density at radius 2 is 1.74 bits per heavy atom. The Bertz CT molecular complexity index is 864. The molecule has 0 aliphatic carbocycles. The molecule has 0 N–H and O–H groups in total. The van der Waals surface area contributed by atoms with Crippen molar-refractivity contribution in [3.8, 4) is 17.2 Å². The third-order valence-electron chi connectivity index (χ3n) is 3.73. The summed E-state index contributed by atoms with van der Waals surface area (Å²) in [7, 11) is 0. The molecule has 2 rings (SSSR count). The lowest BCUT2D eigenvalue weighted by molar-refractivity contribution is -0.143. The van der Waals surface area contributed by atoms with Gasteiger partial charge in [-0.1, -0.05) is 34.1 Å². The average Bonchev–Trinajstić information content (AvgIpc) is 2.90. The summed E-state index contributed by atoms with van der Waals surface area (Å²) in [6.07, 6.45) is -10.3. The number of benzene rings is 1. The van der Waals surface area contributed by atoms with E-state index in [1.54, 1.807) is 6.92 Å². The van der Waals surface area contributed by atoms with E-state index in [1.807, 2.05) is 0 Å². The summed E-state index contributed by atoms with van der Waals surface area (Å²) in [6, 6.07) is 6.55. The summed E-state index contributed by atoms with van der Waals surface area (Å²) in [5.41, 5.74) is -5.61. The monoisotopic (exact) mass is 454 g/mol. The fourth-order valence-electron chi connectivity index (χ4n) is 2.76. The van der Waals surface area contributed by atoms with Crippen molar-refractivity contribution in [3.63, 3.8) is 0 Å². The van der Waals surface area contributed by atoms with Crippen LogP contribution in [0.2, 0.25) is 0 Å². The van der Waals surface area contributed by atoms with Crippen molar-refractivity contribution in [3.05, 3.63) is 45.7 Å². The van der Waals surface area contributed by atoms with Crippen LogP contribution in [0, 0.1) is 11.3 Å². The molecule has 0 unspecified atom stereocenters. The van der Waals surface area contributed by atoms with E-state index in [2.05, 4.69) is 15.9 Å². The highest BCUT2D eigenvalue weighted by Crippen LogP contribution is 2.49. The molecule has 1 aromatic carbocycles. The maximum absolute atomic E-state index is 13.8. The second-order valence-corrected chi connectivity index (χ2v) is 6.24. The zero-order chi connectivity index (χ0) is 20.4. The lowest BCUT2D eigenvalue weighted by Gasteiger charge is -2.16. The fraction of sp³-hybridized carbons (Fsp3) is 0.353. The first kappa shape index (κ1) is 21.3. The first-order valence-corrected chi connectivity index (χ1v) is 8.46. The molecule has 0 radical (unpaired) electrons. The lowest BCUT2D eigenvalue weighted by Crippen LogP contribution is -2.18. The van der Waals surface area contributed by atoms with Gasteiger partial charge in [-0.3, -0.25) is 0 Å². The summed E-state index contributed by atoms with van der Waals surface area (Å²) in [4.78, 5) is 0. The maximum atomic E-state index is 13.8. The van der Waals surface area contributed by atoms with Crippen LogP contribution in [0.15, 0.2) is 28.7 Å². The van der Waals surface area contributed by atoms with Crippen LogP contribution in [0.1, 0.15) is 23.9 Å². The molecule has 3 nitrogen and oxygen atoms in total. The van der Waals surface area contributed by atoms with Crippen molar-refractivity contribution in [2.45, 2.75) is 25.8 Å². The van der Waals surface area contributed by atoms with Gasteiger partial charge in [-0.05, 0) is 18.6 Å². The number of nitriles is 1. The fourth-order valence-corrected chi connectivity index (χ4v) is 3.24. The third kappa shape index (κ3) is 4.30. The molecule has 0 fully saturated rings. The Hall–Kier alpha value is -1.99. The number of rotatable bonds is 5. The van der Waals surface area contributed by atoms with E-state index >= 15 is 0 Å². The van der Waals surface area contributed by atoms with Crippen molar-refractivity contribution in [1.82, 2.24) is 4.57 Å². The Labute approximate surface area is 159 Å². The molecule has 0 bridgehead atoms. The predicted molar refractivity (Wildman–Crippen MR) is 88.8 cm³/mol. The molecule has 1 aromatic heterocycles. The molecule has 0 saturated heterocycles. The van der Waals surface area contributed by atoms with E-state index in [0.717, 1.165) is 6.07 Å². The molecule has 0 atom stereocenters. The molecular weight excluding hydrogens is 442 g/mol. The Kier molecular flexibility index (Phi) is 6.27. The van der Waals surface area contributed by atoms with Crippen molar-refractivity contribution >= 4 is 15.9 Å². The molecule has 0 saturated carbocycles. The number of aromatic nitrogens is 1. The van der Waals surface area contributed by atoms with E-state index in [4.69, 9.17) is 4.74 Å². The molecule has 146 valence electrons. The zero-order valence-corrected chi connectivity index (χ0v) is 15.5. The number of alkyl halides is 6. The maximum Gasteiger partial charge on any atom is 0.432 e. The molecule has 0 amide bonds. The minimum atomic E-state index is -5.16. The van der Waals surface area contributed by atoms with Crippen molar-refractivity contribution < 1.29 is 31.1 Å². The number of nitrogens with zero attached hydrogens (tertiary/aromatic N) is 2. The summed E-state index contributed by atoms with van der Waals surface area (Å²) >= 11 is 3.00. The molecule has 0 aliphatic rings. The van der Waals surface area contributed by atoms with Crippen molar-refractivity contribution in [1.29, 1.82) is 5.26 Å². The summed E-state index contributed by atoms with van der Waals surface area (Å²) < 4.78 is 87.9. The van der Waals surface area contributed by atoms with Gasteiger partial charge >= 0.3 is 12.4 Å². The van der Waals surface area contributed by atoms with Gasteiger partial charge in [-0.25, -0.2) is 0 Å². The van der Waals surface area contributed by atoms with Crippen LogP contribution in [0.4, 0.5) is 26.3 Å². The highest BCUT2D eigenvalue weighted by molar-refractivity contribution is 9.10. The van der Waals surface area contributed by atoms with Crippen LogP contribution in [0.3, 0.4) is 0 Å². The number of hydrogen-bond donors (Lipinski definition) is 0. The second kappa shape index (κ2) is 7.94. The van der Waals surface area contributed by atoms with Crippen LogP contribution >= 0.6 is 15.9 Å². The molecule has 2 aromatic rings. The topological polar surface area (TPSA) is 38.0 Å².